The van der Waals surface area contributed by atoms with Gasteiger partial charge in [-0.1, -0.05) is 19.3 Å². The highest BCUT2D eigenvalue weighted by Gasteiger charge is 2.23. The molecule has 2 fully saturated rings. The summed E-state index contributed by atoms with van der Waals surface area (Å²) in [6, 6.07) is 0.818. The minimum atomic E-state index is 0.466. The summed E-state index contributed by atoms with van der Waals surface area (Å²) in [7, 11) is 0. The van der Waals surface area contributed by atoms with E-state index in [0.29, 0.717) is 5.38 Å². The average Bonchev–Trinajstić information content (AvgIpc) is 2.63. The van der Waals surface area contributed by atoms with Crippen molar-refractivity contribution in [2.75, 3.05) is 6.54 Å². The van der Waals surface area contributed by atoms with E-state index in [1.807, 2.05) is 0 Å². The van der Waals surface area contributed by atoms with Crippen LogP contribution in [0.2, 0.25) is 0 Å². The van der Waals surface area contributed by atoms with Crippen molar-refractivity contribution in [3.05, 3.63) is 0 Å². The zero-order valence-corrected chi connectivity index (χ0v) is 9.73. The standard InChI is InChI=1S/C12H22ClN/c13-11-7-6-10(8-11)9-14-12-4-2-1-3-5-12/h10-12,14H,1-9H2. The Morgan fingerprint density at radius 1 is 1.00 bits per heavy atom. The molecule has 2 unspecified atom stereocenters. The second-order valence-corrected chi connectivity index (χ2v) is 5.64. The van der Waals surface area contributed by atoms with Gasteiger partial charge in [0.05, 0.1) is 0 Å². The van der Waals surface area contributed by atoms with E-state index < -0.39 is 0 Å². The Labute approximate surface area is 92.6 Å². The van der Waals surface area contributed by atoms with Crippen molar-refractivity contribution in [3.8, 4) is 0 Å². The molecule has 0 heterocycles. The van der Waals surface area contributed by atoms with Crippen molar-refractivity contribution in [3.63, 3.8) is 0 Å². The molecule has 2 rings (SSSR count). The van der Waals surface area contributed by atoms with Crippen LogP contribution in [0.25, 0.3) is 0 Å². The van der Waals surface area contributed by atoms with Crippen LogP contribution in [0, 0.1) is 5.92 Å². The lowest BCUT2D eigenvalue weighted by molar-refractivity contribution is 0.347. The molecule has 1 nitrogen and oxygen atoms in total. The van der Waals surface area contributed by atoms with Gasteiger partial charge in [-0.15, -0.1) is 11.6 Å². The SMILES string of the molecule is ClC1CCC(CNC2CCCCC2)C1. The van der Waals surface area contributed by atoms with Gasteiger partial charge in [0.1, 0.15) is 0 Å². The summed E-state index contributed by atoms with van der Waals surface area (Å²) in [4.78, 5) is 0. The maximum absolute atomic E-state index is 6.10. The van der Waals surface area contributed by atoms with Gasteiger partial charge in [0.2, 0.25) is 0 Å². The Bertz CT molecular complexity index is 161. The molecule has 2 aliphatic carbocycles. The Balaban J connectivity index is 1.61. The number of alkyl halides is 1. The number of hydrogen-bond acceptors (Lipinski definition) is 1. The van der Waals surface area contributed by atoms with Crippen LogP contribution in [0.5, 0.6) is 0 Å². The topological polar surface area (TPSA) is 12.0 Å². The lowest BCUT2D eigenvalue weighted by Crippen LogP contribution is -2.34. The third-order valence-corrected chi connectivity index (χ3v) is 4.17. The molecule has 0 spiro atoms. The molecule has 2 heteroatoms. The Morgan fingerprint density at radius 3 is 2.43 bits per heavy atom. The van der Waals surface area contributed by atoms with Gasteiger partial charge < -0.3 is 5.32 Å². The molecule has 0 aromatic heterocycles. The van der Waals surface area contributed by atoms with Crippen LogP contribution in [-0.2, 0) is 0 Å². The first-order valence-corrected chi connectivity index (χ1v) is 6.65. The zero-order chi connectivity index (χ0) is 9.80. The zero-order valence-electron chi connectivity index (χ0n) is 8.97. The van der Waals surface area contributed by atoms with Gasteiger partial charge in [-0.3, -0.25) is 0 Å². The van der Waals surface area contributed by atoms with Gasteiger partial charge in [0, 0.05) is 11.4 Å². The summed E-state index contributed by atoms with van der Waals surface area (Å²) in [6.45, 7) is 1.22. The number of nitrogens with one attached hydrogen (secondary N) is 1. The molecule has 0 aromatic rings. The maximum Gasteiger partial charge on any atom is 0.0339 e. The molecule has 1 N–H and O–H groups in total. The molecule has 0 aliphatic heterocycles. The van der Waals surface area contributed by atoms with E-state index in [9.17, 15) is 0 Å². The van der Waals surface area contributed by atoms with E-state index in [1.165, 1.54) is 57.9 Å². The van der Waals surface area contributed by atoms with Gasteiger partial charge in [0.25, 0.3) is 0 Å². The third kappa shape index (κ3) is 3.13. The van der Waals surface area contributed by atoms with Gasteiger partial charge in [-0.05, 0) is 44.6 Å². The van der Waals surface area contributed by atoms with E-state index in [2.05, 4.69) is 5.32 Å². The van der Waals surface area contributed by atoms with Gasteiger partial charge in [0.15, 0.2) is 0 Å². The Morgan fingerprint density at radius 2 is 1.79 bits per heavy atom. The van der Waals surface area contributed by atoms with Crippen molar-refractivity contribution in [1.82, 2.24) is 5.32 Å². The third-order valence-electron chi connectivity index (χ3n) is 3.78. The molecule has 2 aliphatic rings. The Hall–Kier alpha value is 0.250. The van der Waals surface area contributed by atoms with Gasteiger partial charge in [-0.2, -0.15) is 0 Å². The fraction of sp³-hybridized carbons (Fsp3) is 1.00. The van der Waals surface area contributed by atoms with E-state index in [4.69, 9.17) is 11.6 Å². The molecular weight excluding hydrogens is 194 g/mol. The second kappa shape index (κ2) is 5.37. The van der Waals surface area contributed by atoms with E-state index in [-0.39, 0.29) is 0 Å². The molecule has 2 saturated carbocycles. The van der Waals surface area contributed by atoms with Crippen molar-refractivity contribution in [2.24, 2.45) is 5.92 Å². The molecule has 0 aromatic carbocycles. The van der Waals surface area contributed by atoms with Crippen molar-refractivity contribution in [2.45, 2.75) is 62.8 Å². The van der Waals surface area contributed by atoms with Crippen LogP contribution >= 0.6 is 11.6 Å². The van der Waals surface area contributed by atoms with Gasteiger partial charge >= 0.3 is 0 Å². The first kappa shape index (κ1) is 10.8. The maximum atomic E-state index is 6.10. The average molecular weight is 216 g/mol. The molecule has 0 saturated heterocycles. The Kier molecular flexibility index (Phi) is 4.12. The predicted molar refractivity (Wildman–Crippen MR) is 61.9 cm³/mol. The molecule has 82 valence electrons. The summed E-state index contributed by atoms with van der Waals surface area (Å²) < 4.78 is 0. The first-order chi connectivity index (χ1) is 6.84. The van der Waals surface area contributed by atoms with Crippen LogP contribution < -0.4 is 5.32 Å². The number of hydrogen-bond donors (Lipinski definition) is 1. The minimum absolute atomic E-state index is 0.466. The summed E-state index contributed by atoms with van der Waals surface area (Å²) in [5.41, 5.74) is 0. The van der Waals surface area contributed by atoms with E-state index >= 15 is 0 Å². The van der Waals surface area contributed by atoms with Crippen LogP contribution in [0.1, 0.15) is 51.4 Å². The summed E-state index contributed by atoms with van der Waals surface area (Å²) in [5.74, 6) is 0.861. The minimum Gasteiger partial charge on any atom is -0.314 e. The summed E-state index contributed by atoms with van der Waals surface area (Å²) >= 11 is 6.10. The number of halogens is 1. The van der Waals surface area contributed by atoms with Crippen molar-refractivity contribution in [1.29, 1.82) is 0 Å². The quantitative estimate of drug-likeness (QED) is 0.713. The molecule has 0 bridgehead atoms. The molecule has 0 amide bonds. The fourth-order valence-corrected chi connectivity index (χ4v) is 3.22. The van der Waals surface area contributed by atoms with Gasteiger partial charge in [-0.25, -0.2) is 0 Å². The molecule has 14 heavy (non-hydrogen) atoms. The van der Waals surface area contributed by atoms with E-state index in [0.717, 1.165) is 12.0 Å². The largest absolute Gasteiger partial charge is 0.314 e. The molecular formula is C12H22ClN. The van der Waals surface area contributed by atoms with E-state index in [1.54, 1.807) is 0 Å². The van der Waals surface area contributed by atoms with Crippen molar-refractivity contribution < 1.29 is 0 Å². The first-order valence-electron chi connectivity index (χ1n) is 6.22. The highest BCUT2D eigenvalue weighted by molar-refractivity contribution is 6.20. The summed E-state index contributed by atoms with van der Waals surface area (Å²) in [5, 5.41) is 4.19. The predicted octanol–water partition coefficient (Wildman–Crippen LogP) is 3.32. The smallest absolute Gasteiger partial charge is 0.0339 e. The highest BCUT2D eigenvalue weighted by Crippen LogP contribution is 2.29. The fourth-order valence-electron chi connectivity index (χ4n) is 2.84. The second-order valence-electron chi connectivity index (χ2n) is 5.02. The van der Waals surface area contributed by atoms with Crippen LogP contribution in [0.15, 0.2) is 0 Å². The van der Waals surface area contributed by atoms with Crippen LogP contribution in [0.3, 0.4) is 0 Å². The van der Waals surface area contributed by atoms with Crippen LogP contribution in [-0.4, -0.2) is 18.0 Å². The highest BCUT2D eigenvalue weighted by atomic mass is 35.5. The lowest BCUT2D eigenvalue weighted by Gasteiger charge is -2.24. The molecule has 0 radical (unpaired) electrons. The molecule has 2 atom stereocenters. The normalized spacial score (nSPS) is 34.9. The number of rotatable bonds is 3. The van der Waals surface area contributed by atoms with Crippen LogP contribution in [0.4, 0.5) is 0 Å². The lowest BCUT2D eigenvalue weighted by atomic mass is 9.95. The summed E-state index contributed by atoms with van der Waals surface area (Å²) in [6.07, 6.45) is 10.9. The monoisotopic (exact) mass is 215 g/mol. The van der Waals surface area contributed by atoms with Crippen molar-refractivity contribution >= 4 is 11.6 Å².